The minimum Gasteiger partial charge on any atom is -0.499 e. The Morgan fingerprint density at radius 1 is 1.20 bits per heavy atom. The van der Waals surface area contributed by atoms with Crippen molar-refractivity contribution in [2.75, 3.05) is 25.7 Å². The molecule has 0 spiro atoms. The lowest BCUT2D eigenvalue weighted by Crippen LogP contribution is -2.60. The number of carbonyl (C=O) groups is 1. The van der Waals surface area contributed by atoms with Crippen molar-refractivity contribution in [2.45, 2.75) is 31.8 Å². The maximum Gasteiger partial charge on any atom is 0.325 e. The van der Waals surface area contributed by atoms with E-state index < -0.39 is 5.54 Å². The quantitative estimate of drug-likeness (QED) is 0.543. The second kappa shape index (κ2) is 8.23. The topological polar surface area (TPSA) is 42.0 Å². The van der Waals surface area contributed by atoms with E-state index in [9.17, 15) is 4.79 Å². The summed E-state index contributed by atoms with van der Waals surface area (Å²) in [5.41, 5.74) is 2.46. The van der Waals surface area contributed by atoms with Gasteiger partial charge in [-0.05, 0) is 61.6 Å². The van der Waals surface area contributed by atoms with E-state index in [2.05, 4.69) is 0 Å². The van der Waals surface area contributed by atoms with Crippen LogP contribution in [0.5, 0.6) is 5.75 Å². The summed E-state index contributed by atoms with van der Waals surface area (Å²) < 4.78 is 11.1. The second-order valence-corrected chi connectivity index (χ2v) is 8.35. The minimum atomic E-state index is -0.521. The first-order chi connectivity index (χ1) is 14.5. The summed E-state index contributed by atoms with van der Waals surface area (Å²) in [5, 5.41) is 0.664. The number of methoxy groups -OCH3 is 1. The minimum absolute atomic E-state index is 0.0309. The number of amides is 2. The maximum absolute atomic E-state index is 13.6. The Balaban J connectivity index is 1.77. The summed E-state index contributed by atoms with van der Waals surface area (Å²) in [6, 6.07) is 13.6. The number of rotatable bonds is 7. The Morgan fingerprint density at radius 3 is 2.57 bits per heavy atom. The molecule has 5 nitrogen and oxygen atoms in total. The molecule has 2 aromatic rings. The fourth-order valence-corrected chi connectivity index (χ4v) is 4.58. The van der Waals surface area contributed by atoms with E-state index in [-0.39, 0.29) is 6.03 Å². The van der Waals surface area contributed by atoms with Crippen LogP contribution in [0.15, 0.2) is 54.8 Å². The van der Waals surface area contributed by atoms with Crippen molar-refractivity contribution in [1.29, 1.82) is 0 Å². The van der Waals surface area contributed by atoms with Gasteiger partial charge < -0.3 is 14.4 Å². The zero-order valence-electron chi connectivity index (χ0n) is 17.6. The van der Waals surface area contributed by atoms with E-state index in [1.807, 2.05) is 72.3 Å². The van der Waals surface area contributed by atoms with Crippen molar-refractivity contribution in [3.05, 3.63) is 71.0 Å². The highest BCUT2D eigenvalue weighted by molar-refractivity contribution is 6.30. The number of anilines is 1. The number of carbonyl (C=O) groups excluding carboxylic acids is 1. The molecule has 0 bridgehead atoms. The SMILES string of the molecule is CC=COCC1(C2CC2)c2cc(Cl)ccc2N(Cc2ccc(OC)cc2)C(=O)N1C. The molecule has 0 saturated heterocycles. The van der Waals surface area contributed by atoms with Crippen molar-refractivity contribution in [1.82, 2.24) is 4.90 Å². The number of nitrogens with zero attached hydrogens (tertiary/aromatic N) is 2. The Morgan fingerprint density at radius 2 is 1.93 bits per heavy atom. The standard InChI is InChI=1S/C24H27ClN2O3/c1-4-13-30-16-24(18-7-8-18)21-14-19(25)9-12-22(21)27(23(28)26(24)2)15-17-5-10-20(29-3)11-6-17/h4-6,9-14,18H,7-8,15-16H2,1-3H3. The molecule has 0 radical (unpaired) electrons. The number of hydrogen-bond donors (Lipinski definition) is 0. The van der Waals surface area contributed by atoms with E-state index in [0.717, 1.165) is 35.4 Å². The third-order valence-electron chi connectivity index (χ3n) is 6.12. The van der Waals surface area contributed by atoms with Gasteiger partial charge in [-0.25, -0.2) is 4.79 Å². The van der Waals surface area contributed by atoms with Gasteiger partial charge in [-0.3, -0.25) is 4.90 Å². The molecule has 30 heavy (non-hydrogen) atoms. The molecule has 1 atom stereocenters. The summed E-state index contributed by atoms with van der Waals surface area (Å²) >= 11 is 6.43. The molecule has 1 aliphatic heterocycles. The molecule has 1 unspecified atom stereocenters. The number of urea groups is 1. The fraction of sp³-hybridized carbons (Fsp3) is 0.375. The van der Waals surface area contributed by atoms with E-state index in [4.69, 9.17) is 21.1 Å². The van der Waals surface area contributed by atoms with Crippen LogP contribution < -0.4 is 9.64 Å². The lowest BCUT2D eigenvalue weighted by atomic mass is 9.81. The predicted octanol–water partition coefficient (Wildman–Crippen LogP) is 5.58. The molecule has 1 heterocycles. The highest BCUT2D eigenvalue weighted by atomic mass is 35.5. The van der Waals surface area contributed by atoms with E-state index in [0.29, 0.717) is 24.1 Å². The summed E-state index contributed by atoms with van der Waals surface area (Å²) in [5.74, 6) is 1.15. The smallest absolute Gasteiger partial charge is 0.325 e. The largest absolute Gasteiger partial charge is 0.499 e. The van der Waals surface area contributed by atoms with Crippen LogP contribution in [0.2, 0.25) is 5.02 Å². The van der Waals surface area contributed by atoms with E-state index >= 15 is 0 Å². The van der Waals surface area contributed by atoms with Crippen LogP contribution >= 0.6 is 11.6 Å². The predicted molar refractivity (Wildman–Crippen MR) is 119 cm³/mol. The number of benzene rings is 2. The van der Waals surface area contributed by atoms with Crippen LogP contribution in [-0.4, -0.2) is 31.7 Å². The van der Waals surface area contributed by atoms with E-state index in [1.165, 1.54) is 0 Å². The molecule has 1 aliphatic carbocycles. The molecule has 158 valence electrons. The number of halogens is 1. The van der Waals surface area contributed by atoms with Crippen LogP contribution in [0.4, 0.5) is 10.5 Å². The molecular weight excluding hydrogens is 400 g/mol. The normalized spacial score (nSPS) is 21.1. The Kier molecular flexibility index (Phi) is 5.65. The third kappa shape index (κ3) is 3.52. The number of fused-ring (bicyclic) bond motifs is 1. The summed E-state index contributed by atoms with van der Waals surface area (Å²) in [6.45, 7) is 2.80. The van der Waals surface area contributed by atoms with Crippen LogP contribution in [0, 0.1) is 5.92 Å². The van der Waals surface area contributed by atoms with Gasteiger partial charge in [-0.15, -0.1) is 0 Å². The van der Waals surface area contributed by atoms with Crippen molar-refractivity contribution in [3.63, 3.8) is 0 Å². The fourth-order valence-electron chi connectivity index (χ4n) is 4.41. The van der Waals surface area contributed by atoms with Crippen LogP contribution in [0.1, 0.15) is 30.9 Å². The number of ether oxygens (including phenoxy) is 2. The first kappa shape index (κ1) is 20.6. The van der Waals surface area contributed by atoms with Crippen molar-refractivity contribution in [2.24, 2.45) is 5.92 Å². The Hall–Kier alpha value is -2.66. The molecular formula is C24H27ClN2O3. The van der Waals surface area contributed by atoms with Crippen LogP contribution in [0.25, 0.3) is 0 Å². The first-order valence-corrected chi connectivity index (χ1v) is 10.6. The Bertz CT molecular complexity index is 955. The van der Waals surface area contributed by atoms with Gasteiger partial charge in [0.1, 0.15) is 17.9 Å². The highest BCUT2D eigenvalue weighted by Crippen LogP contribution is 2.54. The van der Waals surface area contributed by atoms with Crippen LogP contribution in [-0.2, 0) is 16.8 Å². The third-order valence-corrected chi connectivity index (χ3v) is 6.36. The maximum atomic E-state index is 13.6. The molecule has 0 aromatic heterocycles. The first-order valence-electron chi connectivity index (χ1n) is 10.2. The molecule has 0 N–H and O–H groups in total. The number of allylic oxidation sites excluding steroid dienone is 1. The van der Waals surface area contributed by atoms with Gasteiger partial charge >= 0.3 is 6.03 Å². The lowest BCUT2D eigenvalue weighted by molar-refractivity contribution is 0.0405. The molecule has 2 aromatic carbocycles. The van der Waals surface area contributed by atoms with Crippen molar-refractivity contribution < 1.29 is 14.3 Å². The van der Waals surface area contributed by atoms with Crippen molar-refractivity contribution in [3.8, 4) is 5.75 Å². The van der Waals surface area contributed by atoms with Gasteiger partial charge in [-0.2, -0.15) is 0 Å². The highest BCUT2D eigenvalue weighted by Gasteiger charge is 2.56. The molecule has 1 saturated carbocycles. The monoisotopic (exact) mass is 426 g/mol. The molecule has 4 rings (SSSR count). The zero-order valence-corrected chi connectivity index (χ0v) is 18.4. The number of likely N-dealkylation sites (N-methyl/N-ethyl adjacent to an activating group) is 1. The second-order valence-electron chi connectivity index (χ2n) is 7.92. The lowest BCUT2D eigenvalue weighted by Gasteiger charge is -2.49. The van der Waals surface area contributed by atoms with Crippen molar-refractivity contribution >= 4 is 23.3 Å². The van der Waals surface area contributed by atoms with Gasteiger partial charge in [0, 0.05) is 17.6 Å². The van der Waals surface area contributed by atoms with Gasteiger partial charge in [0.05, 0.1) is 25.6 Å². The molecule has 2 amide bonds. The zero-order chi connectivity index (χ0) is 21.3. The summed E-state index contributed by atoms with van der Waals surface area (Å²) in [6.07, 6.45) is 5.69. The van der Waals surface area contributed by atoms with Gasteiger partial charge in [0.25, 0.3) is 0 Å². The molecule has 2 aliphatic rings. The molecule has 1 fully saturated rings. The van der Waals surface area contributed by atoms with Gasteiger partial charge in [0.15, 0.2) is 0 Å². The Labute approximate surface area is 182 Å². The summed E-state index contributed by atoms with van der Waals surface area (Å²) in [4.78, 5) is 17.3. The average Bonchev–Trinajstić information content (AvgIpc) is 3.60. The summed E-state index contributed by atoms with van der Waals surface area (Å²) in [7, 11) is 3.52. The van der Waals surface area contributed by atoms with E-state index in [1.54, 1.807) is 13.4 Å². The van der Waals surface area contributed by atoms with Crippen LogP contribution in [0.3, 0.4) is 0 Å². The number of hydrogen-bond acceptors (Lipinski definition) is 3. The molecule has 6 heteroatoms. The average molecular weight is 427 g/mol. The van der Waals surface area contributed by atoms with Gasteiger partial charge in [-0.1, -0.05) is 29.8 Å². The van der Waals surface area contributed by atoms with Gasteiger partial charge in [0.2, 0.25) is 0 Å².